The third-order valence-electron chi connectivity index (χ3n) is 1.23. The summed E-state index contributed by atoms with van der Waals surface area (Å²) in [5, 5.41) is 0.851. The van der Waals surface area contributed by atoms with E-state index >= 15 is 0 Å². The lowest BCUT2D eigenvalue weighted by atomic mass is 10.5. The first kappa shape index (κ1) is 6.93. The highest BCUT2D eigenvalue weighted by Crippen LogP contribution is 2.33. The maximum absolute atomic E-state index is 10.2. The molecule has 9 heavy (non-hydrogen) atoms. The van der Waals surface area contributed by atoms with Gasteiger partial charge in [0.1, 0.15) is 0 Å². The standard InChI is InChI=1S/C6H11NOS/c7-6(8)3-4-9-5-1-2-5/h5H,1-4H2,(H2,7,8). The Morgan fingerprint density at radius 3 is 2.78 bits per heavy atom. The van der Waals surface area contributed by atoms with Crippen LogP contribution in [0.15, 0.2) is 0 Å². The quantitative estimate of drug-likeness (QED) is 0.634. The van der Waals surface area contributed by atoms with E-state index in [1.54, 1.807) is 0 Å². The summed E-state index contributed by atoms with van der Waals surface area (Å²) in [6.45, 7) is 0. The van der Waals surface area contributed by atoms with Crippen LogP contribution in [-0.2, 0) is 4.79 Å². The number of thioether (sulfide) groups is 1. The van der Waals surface area contributed by atoms with Gasteiger partial charge >= 0.3 is 0 Å². The molecule has 2 N–H and O–H groups in total. The van der Waals surface area contributed by atoms with Gasteiger partial charge in [0.05, 0.1) is 0 Å². The van der Waals surface area contributed by atoms with E-state index < -0.39 is 0 Å². The molecule has 3 heteroatoms. The molecule has 0 atom stereocenters. The maximum Gasteiger partial charge on any atom is 0.218 e. The molecule has 1 rings (SSSR count). The number of hydrogen-bond donors (Lipinski definition) is 1. The van der Waals surface area contributed by atoms with Gasteiger partial charge in [-0.15, -0.1) is 0 Å². The number of hydrogen-bond acceptors (Lipinski definition) is 2. The van der Waals surface area contributed by atoms with Gasteiger partial charge < -0.3 is 5.73 Å². The monoisotopic (exact) mass is 145 g/mol. The van der Waals surface area contributed by atoms with Crippen molar-refractivity contribution in [1.29, 1.82) is 0 Å². The molecular formula is C6H11NOS. The number of nitrogens with two attached hydrogens (primary N) is 1. The zero-order valence-corrected chi connectivity index (χ0v) is 6.12. The molecule has 0 saturated heterocycles. The van der Waals surface area contributed by atoms with Gasteiger partial charge in [-0.05, 0) is 12.8 Å². The molecule has 0 aromatic rings. The molecule has 1 saturated carbocycles. The first-order valence-corrected chi connectivity index (χ1v) is 4.24. The summed E-state index contributed by atoms with van der Waals surface area (Å²) in [6, 6.07) is 0. The van der Waals surface area contributed by atoms with E-state index in [9.17, 15) is 4.79 Å². The Morgan fingerprint density at radius 2 is 2.33 bits per heavy atom. The highest BCUT2D eigenvalue weighted by atomic mass is 32.2. The molecule has 0 aromatic carbocycles. The molecule has 1 amide bonds. The van der Waals surface area contributed by atoms with Gasteiger partial charge in [0.15, 0.2) is 0 Å². The SMILES string of the molecule is NC(=O)CCSC1CC1. The van der Waals surface area contributed by atoms with Crippen LogP contribution in [0.3, 0.4) is 0 Å². The van der Waals surface area contributed by atoms with Crippen molar-refractivity contribution in [3.05, 3.63) is 0 Å². The molecule has 0 heterocycles. The lowest BCUT2D eigenvalue weighted by Crippen LogP contribution is -2.11. The predicted molar refractivity (Wildman–Crippen MR) is 39.3 cm³/mol. The minimum atomic E-state index is -0.178. The Hall–Kier alpha value is -0.180. The lowest BCUT2D eigenvalue weighted by Gasteiger charge is -1.93. The minimum Gasteiger partial charge on any atom is -0.370 e. The predicted octanol–water partition coefficient (Wildman–Crippen LogP) is 0.757. The first-order chi connectivity index (χ1) is 4.29. The van der Waals surface area contributed by atoms with Crippen molar-refractivity contribution >= 4 is 17.7 Å². The van der Waals surface area contributed by atoms with Gasteiger partial charge in [0.2, 0.25) is 5.91 Å². The molecule has 0 aliphatic heterocycles. The molecule has 2 nitrogen and oxygen atoms in total. The van der Waals surface area contributed by atoms with Gasteiger partial charge in [-0.2, -0.15) is 11.8 Å². The normalized spacial score (nSPS) is 17.8. The van der Waals surface area contributed by atoms with E-state index in [1.807, 2.05) is 11.8 Å². The zero-order valence-electron chi connectivity index (χ0n) is 5.30. The number of amides is 1. The molecule has 0 spiro atoms. The molecule has 0 bridgehead atoms. The second-order valence-corrected chi connectivity index (χ2v) is 3.69. The van der Waals surface area contributed by atoms with E-state index in [2.05, 4.69) is 0 Å². The fourth-order valence-corrected chi connectivity index (χ4v) is 1.68. The van der Waals surface area contributed by atoms with Crippen LogP contribution in [-0.4, -0.2) is 16.9 Å². The highest BCUT2D eigenvalue weighted by molar-refractivity contribution is 8.00. The molecule has 0 radical (unpaired) electrons. The molecule has 0 aromatic heterocycles. The van der Waals surface area contributed by atoms with Gasteiger partial charge in [-0.1, -0.05) is 0 Å². The number of carbonyl (C=O) groups excluding carboxylic acids is 1. The third kappa shape index (κ3) is 3.40. The van der Waals surface area contributed by atoms with Crippen LogP contribution in [0.4, 0.5) is 0 Å². The number of rotatable bonds is 4. The van der Waals surface area contributed by atoms with Crippen LogP contribution in [0.1, 0.15) is 19.3 Å². The van der Waals surface area contributed by atoms with Gasteiger partial charge in [0.25, 0.3) is 0 Å². The molecule has 1 aliphatic carbocycles. The summed E-state index contributed by atoms with van der Waals surface area (Å²) in [7, 11) is 0. The summed E-state index contributed by atoms with van der Waals surface area (Å²) in [5.41, 5.74) is 4.95. The van der Waals surface area contributed by atoms with Crippen molar-refractivity contribution in [2.24, 2.45) is 5.73 Å². The number of primary amides is 1. The van der Waals surface area contributed by atoms with Crippen LogP contribution in [0.25, 0.3) is 0 Å². The topological polar surface area (TPSA) is 43.1 Å². The van der Waals surface area contributed by atoms with Crippen molar-refractivity contribution in [2.75, 3.05) is 5.75 Å². The van der Waals surface area contributed by atoms with Gasteiger partial charge in [-0.25, -0.2) is 0 Å². The number of carbonyl (C=O) groups is 1. The van der Waals surface area contributed by atoms with Crippen molar-refractivity contribution in [2.45, 2.75) is 24.5 Å². The van der Waals surface area contributed by atoms with Crippen LogP contribution in [0, 0.1) is 0 Å². The van der Waals surface area contributed by atoms with Gasteiger partial charge in [0, 0.05) is 17.4 Å². The average molecular weight is 145 g/mol. The Morgan fingerprint density at radius 1 is 1.67 bits per heavy atom. The van der Waals surface area contributed by atoms with Crippen molar-refractivity contribution in [3.8, 4) is 0 Å². The second-order valence-electron chi connectivity index (χ2n) is 2.29. The summed E-state index contributed by atoms with van der Waals surface area (Å²) < 4.78 is 0. The van der Waals surface area contributed by atoms with E-state index in [0.717, 1.165) is 11.0 Å². The zero-order chi connectivity index (χ0) is 6.69. The Kier molecular flexibility index (Phi) is 2.39. The van der Waals surface area contributed by atoms with E-state index in [4.69, 9.17) is 5.73 Å². The lowest BCUT2D eigenvalue weighted by molar-refractivity contribution is -0.117. The molecule has 52 valence electrons. The fourth-order valence-electron chi connectivity index (χ4n) is 0.561. The Balaban J connectivity index is 1.86. The summed E-state index contributed by atoms with van der Waals surface area (Å²) in [4.78, 5) is 10.2. The summed E-state index contributed by atoms with van der Waals surface area (Å²) in [6.07, 6.45) is 3.22. The van der Waals surface area contributed by atoms with Crippen LogP contribution < -0.4 is 5.73 Å². The maximum atomic E-state index is 10.2. The van der Waals surface area contributed by atoms with E-state index in [-0.39, 0.29) is 5.91 Å². The Labute approximate surface area is 59.2 Å². The molecule has 1 aliphatic rings. The van der Waals surface area contributed by atoms with Crippen molar-refractivity contribution < 1.29 is 4.79 Å². The molecule has 1 fully saturated rings. The smallest absolute Gasteiger partial charge is 0.218 e. The van der Waals surface area contributed by atoms with Crippen molar-refractivity contribution in [1.82, 2.24) is 0 Å². The van der Waals surface area contributed by atoms with Gasteiger partial charge in [-0.3, -0.25) is 4.79 Å². The van der Waals surface area contributed by atoms with Crippen molar-refractivity contribution in [3.63, 3.8) is 0 Å². The minimum absolute atomic E-state index is 0.178. The fraction of sp³-hybridized carbons (Fsp3) is 0.833. The molecular weight excluding hydrogens is 134 g/mol. The van der Waals surface area contributed by atoms with E-state index in [1.165, 1.54) is 12.8 Å². The first-order valence-electron chi connectivity index (χ1n) is 3.19. The van der Waals surface area contributed by atoms with Crippen LogP contribution >= 0.6 is 11.8 Å². The largest absolute Gasteiger partial charge is 0.370 e. The van der Waals surface area contributed by atoms with Crippen LogP contribution in [0.5, 0.6) is 0 Å². The molecule has 0 unspecified atom stereocenters. The second kappa shape index (κ2) is 3.11. The summed E-state index contributed by atoms with van der Waals surface area (Å²) >= 11 is 1.87. The Bertz CT molecular complexity index is 112. The highest BCUT2D eigenvalue weighted by Gasteiger charge is 2.21. The average Bonchev–Trinajstić information content (AvgIpc) is 2.48. The third-order valence-corrected chi connectivity index (χ3v) is 2.61. The van der Waals surface area contributed by atoms with E-state index in [0.29, 0.717) is 6.42 Å². The van der Waals surface area contributed by atoms with Crippen LogP contribution in [0.2, 0.25) is 0 Å². The summed E-state index contributed by atoms with van der Waals surface area (Å²) in [5.74, 6) is 0.739.